The standard InChI is InChI=1S/C21H14Cl2F3N3O2/c1-11-14(12-4-2-5-13(10-12)21(24,25)26)8-9-17(27-11)28-20(31)29-19(30)18-15(22)6-3-7-16(18)23/h2-10H,1H3,(H2,27,28,29,30,31). The van der Waals surface area contributed by atoms with E-state index in [4.69, 9.17) is 23.2 Å². The van der Waals surface area contributed by atoms with Gasteiger partial charge in [-0.3, -0.25) is 15.4 Å². The van der Waals surface area contributed by atoms with Crippen molar-refractivity contribution in [2.45, 2.75) is 13.1 Å². The lowest BCUT2D eigenvalue weighted by Gasteiger charge is -2.12. The molecule has 0 radical (unpaired) electrons. The number of aryl methyl sites for hydroxylation is 1. The Kier molecular flexibility index (Phi) is 6.52. The first-order valence-corrected chi connectivity index (χ1v) is 9.53. The number of amides is 3. The molecule has 1 aromatic heterocycles. The van der Waals surface area contributed by atoms with Crippen LogP contribution in [0.1, 0.15) is 21.6 Å². The summed E-state index contributed by atoms with van der Waals surface area (Å²) in [6.07, 6.45) is -4.46. The summed E-state index contributed by atoms with van der Waals surface area (Å²) in [6, 6.07) is 11.4. The van der Waals surface area contributed by atoms with Crippen molar-refractivity contribution in [2.75, 3.05) is 5.32 Å². The molecule has 0 fully saturated rings. The number of halogens is 5. The fourth-order valence-electron chi connectivity index (χ4n) is 2.83. The molecule has 0 aliphatic carbocycles. The molecule has 0 aliphatic rings. The molecule has 2 aromatic carbocycles. The number of aromatic nitrogens is 1. The van der Waals surface area contributed by atoms with Gasteiger partial charge in [-0.25, -0.2) is 9.78 Å². The monoisotopic (exact) mass is 467 g/mol. The molecule has 3 amide bonds. The first-order chi connectivity index (χ1) is 14.6. The molecule has 0 atom stereocenters. The summed E-state index contributed by atoms with van der Waals surface area (Å²) < 4.78 is 38.9. The van der Waals surface area contributed by atoms with Gasteiger partial charge in [0.05, 0.1) is 21.2 Å². The van der Waals surface area contributed by atoms with Crippen molar-refractivity contribution in [3.05, 3.63) is 81.5 Å². The minimum Gasteiger partial charge on any atom is -0.292 e. The zero-order valence-corrected chi connectivity index (χ0v) is 17.4. The van der Waals surface area contributed by atoms with Crippen molar-refractivity contribution in [3.63, 3.8) is 0 Å². The first kappa shape index (κ1) is 22.6. The van der Waals surface area contributed by atoms with Crippen LogP contribution in [-0.4, -0.2) is 16.9 Å². The Balaban J connectivity index is 1.75. The van der Waals surface area contributed by atoms with Gasteiger partial charge < -0.3 is 0 Å². The molecule has 2 N–H and O–H groups in total. The summed E-state index contributed by atoms with van der Waals surface area (Å²) in [5, 5.41) is 4.64. The number of hydrogen-bond acceptors (Lipinski definition) is 3. The third-order valence-electron chi connectivity index (χ3n) is 4.25. The highest BCUT2D eigenvalue weighted by Crippen LogP contribution is 2.33. The molecule has 0 bridgehead atoms. The maximum atomic E-state index is 13.0. The molecule has 3 rings (SSSR count). The minimum atomic E-state index is -4.46. The summed E-state index contributed by atoms with van der Waals surface area (Å²) in [7, 11) is 0. The van der Waals surface area contributed by atoms with E-state index in [0.29, 0.717) is 16.8 Å². The van der Waals surface area contributed by atoms with E-state index in [-0.39, 0.29) is 21.4 Å². The highest BCUT2D eigenvalue weighted by atomic mass is 35.5. The molecule has 0 unspecified atom stereocenters. The van der Waals surface area contributed by atoms with Gasteiger partial charge in [0.2, 0.25) is 0 Å². The van der Waals surface area contributed by atoms with Crippen LogP contribution in [0.15, 0.2) is 54.6 Å². The Morgan fingerprint density at radius 1 is 0.968 bits per heavy atom. The van der Waals surface area contributed by atoms with E-state index in [9.17, 15) is 22.8 Å². The molecule has 0 aliphatic heterocycles. The fraction of sp³-hybridized carbons (Fsp3) is 0.0952. The van der Waals surface area contributed by atoms with Crippen molar-refractivity contribution in [2.24, 2.45) is 0 Å². The highest BCUT2D eigenvalue weighted by Gasteiger charge is 2.30. The topological polar surface area (TPSA) is 71.1 Å². The summed E-state index contributed by atoms with van der Waals surface area (Å²) in [5.74, 6) is -0.700. The van der Waals surface area contributed by atoms with E-state index in [1.54, 1.807) is 13.0 Å². The normalized spacial score (nSPS) is 11.2. The lowest BCUT2D eigenvalue weighted by molar-refractivity contribution is -0.137. The molecule has 160 valence electrons. The fourth-order valence-corrected chi connectivity index (χ4v) is 3.40. The summed E-state index contributed by atoms with van der Waals surface area (Å²) in [4.78, 5) is 28.6. The van der Waals surface area contributed by atoms with Crippen LogP contribution in [-0.2, 0) is 6.18 Å². The molecule has 10 heteroatoms. The third-order valence-corrected chi connectivity index (χ3v) is 4.88. The zero-order chi connectivity index (χ0) is 22.8. The lowest BCUT2D eigenvalue weighted by atomic mass is 10.0. The van der Waals surface area contributed by atoms with Gasteiger partial charge in [-0.15, -0.1) is 0 Å². The number of carbonyl (C=O) groups is 2. The second-order valence-corrected chi connectivity index (χ2v) is 7.23. The molecular formula is C21H14Cl2F3N3O2. The second-order valence-electron chi connectivity index (χ2n) is 6.41. The molecule has 3 aromatic rings. The van der Waals surface area contributed by atoms with Crippen LogP contribution in [0.4, 0.5) is 23.8 Å². The average Bonchev–Trinajstić information content (AvgIpc) is 2.67. The average molecular weight is 468 g/mol. The van der Waals surface area contributed by atoms with Crippen LogP contribution < -0.4 is 10.6 Å². The Morgan fingerprint density at radius 2 is 1.61 bits per heavy atom. The Hall–Kier alpha value is -3.10. The van der Waals surface area contributed by atoms with Crippen molar-refractivity contribution in [1.29, 1.82) is 0 Å². The minimum absolute atomic E-state index is 0.0509. The molecule has 1 heterocycles. The number of urea groups is 1. The number of anilines is 1. The summed E-state index contributed by atoms with van der Waals surface area (Å²) in [6.45, 7) is 1.59. The van der Waals surface area contributed by atoms with Crippen molar-refractivity contribution >= 4 is 41.0 Å². The Labute approximate surface area is 185 Å². The van der Waals surface area contributed by atoms with Crippen molar-refractivity contribution in [1.82, 2.24) is 10.3 Å². The second kappa shape index (κ2) is 8.95. The molecule has 0 saturated carbocycles. The first-order valence-electron chi connectivity index (χ1n) is 8.78. The largest absolute Gasteiger partial charge is 0.416 e. The van der Waals surface area contributed by atoms with Crippen LogP contribution in [0.3, 0.4) is 0 Å². The number of alkyl halides is 3. The van der Waals surface area contributed by atoms with E-state index < -0.39 is 23.7 Å². The number of rotatable bonds is 3. The number of benzene rings is 2. The van der Waals surface area contributed by atoms with Crippen LogP contribution in [0, 0.1) is 6.92 Å². The van der Waals surface area contributed by atoms with Gasteiger partial charge in [0, 0.05) is 11.3 Å². The third kappa shape index (κ3) is 5.34. The van der Waals surface area contributed by atoms with Gasteiger partial charge in [0.1, 0.15) is 5.82 Å². The number of pyridine rings is 1. The van der Waals surface area contributed by atoms with Gasteiger partial charge in [-0.1, -0.05) is 41.4 Å². The molecule has 5 nitrogen and oxygen atoms in total. The van der Waals surface area contributed by atoms with Crippen LogP contribution in [0.25, 0.3) is 11.1 Å². The van der Waals surface area contributed by atoms with Crippen LogP contribution in [0.2, 0.25) is 10.0 Å². The summed E-state index contributed by atoms with van der Waals surface area (Å²) in [5.41, 5.74) is 0.362. The Bertz CT molecular complexity index is 1150. The number of imide groups is 1. The maximum absolute atomic E-state index is 13.0. The van der Waals surface area contributed by atoms with Crippen molar-refractivity contribution < 1.29 is 22.8 Å². The number of nitrogens with zero attached hydrogens (tertiary/aromatic N) is 1. The lowest BCUT2D eigenvalue weighted by Crippen LogP contribution is -2.35. The van der Waals surface area contributed by atoms with E-state index in [1.807, 2.05) is 0 Å². The number of hydrogen-bond donors (Lipinski definition) is 2. The van der Waals surface area contributed by atoms with Gasteiger partial charge in [0.15, 0.2) is 0 Å². The van der Waals surface area contributed by atoms with Gasteiger partial charge in [-0.2, -0.15) is 13.2 Å². The quantitative estimate of drug-likeness (QED) is 0.471. The van der Waals surface area contributed by atoms with E-state index in [1.165, 1.54) is 36.4 Å². The molecule has 31 heavy (non-hydrogen) atoms. The predicted molar refractivity (Wildman–Crippen MR) is 112 cm³/mol. The SMILES string of the molecule is Cc1nc(NC(=O)NC(=O)c2c(Cl)cccc2Cl)ccc1-c1cccc(C(F)(F)F)c1. The smallest absolute Gasteiger partial charge is 0.292 e. The molecule has 0 saturated heterocycles. The van der Waals surface area contributed by atoms with Gasteiger partial charge >= 0.3 is 12.2 Å². The summed E-state index contributed by atoms with van der Waals surface area (Å²) >= 11 is 11.9. The van der Waals surface area contributed by atoms with Crippen LogP contribution in [0.5, 0.6) is 0 Å². The van der Waals surface area contributed by atoms with E-state index in [0.717, 1.165) is 12.1 Å². The van der Waals surface area contributed by atoms with Gasteiger partial charge in [-0.05, 0) is 48.9 Å². The van der Waals surface area contributed by atoms with E-state index in [2.05, 4.69) is 15.6 Å². The molecule has 0 spiro atoms. The van der Waals surface area contributed by atoms with Crippen LogP contribution >= 0.6 is 23.2 Å². The highest BCUT2D eigenvalue weighted by molar-refractivity contribution is 6.40. The zero-order valence-electron chi connectivity index (χ0n) is 15.8. The Morgan fingerprint density at radius 3 is 2.23 bits per heavy atom. The number of nitrogens with one attached hydrogen (secondary N) is 2. The van der Waals surface area contributed by atoms with Crippen molar-refractivity contribution in [3.8, 4) is 11.1 Å². The number of carbonyl (C=O) groups excluding carboxylic acids is 2. The maximum Gasteiger partial charge on any atom is 0.416 e. The van der Waals surface area contributed by atoms with E-state index >= 15 is 0 Å². The molecular weight excluding hydrogens is 454 g/mol. The van der Waals surface area contributed by atoms with Gasteiger partial charge in [0.25, 0.3) is 5.91 Å². The predicted octanol–water partition coefficient (Wildman–Crippen LogP) is 6.34.